The zero-order valence-electron chi connectivity index (χ0n) is 16.2. The van der Waals surface area contributed by atoms with Crippen LogP contribution in [0, 0.1) is 0 Å². The molecule has 0 bridgehead atoms. The Morgan fingerprint density at radius 1 is 1.24 bits per heavy atom. The molecule has 0 aliphatic rings. The van der Waals surface area contributed by atoms with Gasteiger partial charge in [-0.25, -0.2) is 0 Å². The first kappa shape index (κ1) is 20.4. The van der Waals surface area contributed by atoms with Gasteiger partial charge < -0.3 is 14.8 Å². The number of amides is 1. The molecule has 0 saturated carbocycles. The number of anilines is 1. The quantitative estimate of drug-likeness (QED) is 0.427. The van der Waals surface area contributed by atoms with Crippen LogP contribution in [-0.4, -0.2) is 45.6 Å². The number of pyridine rings is 1. The van der Waals surface area contributed by atoms with Crippen molar-refractivity contribution in [2.45, 2.75) is 11.7 Å². The highest BCUT2D eigenvalue weighted by Gasteiger charge is 2.16. The Hall–Kier alpha value is -3.33. The standard InChI is InChI=1S/C20H21N5O3S/c1-4-11-25-19(15-7-5-6-10-21-15)23-24-20(25)29-13-18(26)22-16-12-14(27-2)8-9-17(16)28-3/h4-10,12H,1,11,13H2,2-3H3,(H,22,26). The molecule has 1 N–H and O–H groups in total. The molecule has 150 valence electrons. The summed E-state index contributed by atoms with van der Waals surface area (Å²) in [7, 11) is 3.11. The second kappa shape index (κ2) is 9.74. The molecule has 0 fully saturated rings. The Kier molecular flexibility index (Phi) is 6.85. The summed E-state index contributed by atoms with van der Waals surface area (Å²) in [5.74, 6) is 1.76. The molecule has 1 aromatic carbocycles. The lowest BCUT2D eigenvalue weighted by Crippen LogP contribution is -2.15. The third-order valence-corrected chi connectivity index (χ3v) is 4.90. The monoisotopic (exact) mass is 411 g/mol. The molecule has 0 atom stereocenters. The zero-order valence-corrected chi connectivity index (χ0v) is 17.0. The van der Waals surface area contributed by atoms with Gasteiger partial charge in [-0.15, -0.1) is 16.8 Å². The van der Waals surface area contributed by atoms with Gasteiger partial charge in [0, 0.05) is 18.8 Å². The fourth-order valence-electron chi connectivity index (χ4n) is 2.60. The maximum atomic E-state index is 12.5. The Morgan fingerprint density at radius 2 is 2.10 bits per heavy atom. The van der Waals surface area contributed by atoms with Gasteiger partial charge in [0.1, 0.15) is 17.2 Å². The van der Waals surface area contributed by atoms with E-state index in [1.54, 1.807) is 44.7 Å². The van der Waals surface area contributed by atoms with Crippen LogP contribution in [0.25, 0.3) is 11.5 Å². The van der Waals surface area contributed by atoms with E-state index in [2.05, 4.69) is 27.1 Å². The van der Waals surface area contributed by atoms with E-state index in [9.17, 15) is 4.79 Å². The average Bonchev–Trinajstić information content (AvgIpc) is 3.15. The number of nitrogens with zero attached hydrogens (tertiary/aromatic N) is 4. The van der Waals surface area contributed by atoms with Crippen LogP contribution in [0.5, 0.6) is 11.5 Å². The van der Waals surface area contributed by atoms with Gasteiger partial charge >= 0.3 is 0 Å². The topological polar surface area (TPSA) is 91.2 Å². The van der Waals surface area contributed by atoms with E-state index < -0.39 is 0 Å². The number of allylic oxidation sites excluding steroid dienone is 1. The lowest BCUT2D eigenvalue weighted by Gasteiger charge is -2.12. The third kappa shape index (κ3) is 4.94. The van der Waals surface area contributed by atoms with Crippen LogP contribution in [0.3, 0.4) is 0 Å². The molecule has 29 heavy (non-hydrogen) atoms. The summed E-state index contributed by atoms with van der Waals surface area (Å²) < 4.78 is 12.4. The Labute approximate surface area is 173 Å². The van der Waals surface area contributed by atoms with Gasteiger partial charge in [0.05, 0.1) is 25.7 Å². The number of carbonyl (C=O) groups is 1. The Morgan fingerprint density at radius 3 is 2.79 bits per heavy atom. The fraction of sp³-hybridized carbons (Fsp3) is 0.200. The molecule has 9 heteroatoms. The Balaban J connectivity index is 1.72. The predicted octanol–water partition coefficient (Wildman–Crippen LogP) is 3.27. The minimum atomic E-state index is -0.200. The van der Waals surface area contributed by atoms with Gasteiger partial charge in [-0.1, -0.05) is 23.9 Å². The first-order valence-electron chi connectivity index (χ1n) is 8.76. The van der Waals surface area contributed by atoms with Gasteiger partial charge in [-0.3, -0.25) is 14.3 Å². The summed E-state index contributed by atoms with van der Waals surface area (Å²) in [6.45, 7) is 4.29. The summed E-state index contributed by atoms with van der Waals surface area (Å²) in [5, 5.41) is 11.9. The number of benzene rings is 1. The molecule has 0 spiro atoms. The molecule has 0 unspecified atom stereocenters. The number of thioether (sulfide) groups is 1. The number of hydrogen-bond donors (Lipinski definition) is 1. The van der Waals surface area contributed by atoms with Crippen molar-refractivity contribution in [3.63, 3.8) is 0 Å². The van der Waals surface area contributed by atoms with Crippen LogP contribution < -0.4 is 14.8 Å². The number of methoxy groups -OCH3 is 2. The SMILES string of the molecule is C=CCn1c(SCC(=O)Nc2cc(OC)ccc2OC)nnc1-c1ccccn1. The molecule has 0 saturated heterocycles. The molecule has 8 nitrogen and oxygen atoms in total. The maximum absolute atomic E-state index is 12.5. The summed E-state index contributed by atoms with van der Waals surface area (Å²) in [6.07, 6.45) is 3.45. The van der Waals surface area contributed by atoms with Crippen molar-refractivity contribution in [2.24, 2.45) is 0 Å². The maximum Gasteiger partial charge on any atom is 0.234 e. The minimum Gasteiger partial charge on any atom is -0.497 e. The van der Waals surface area contributed by atoms with Crippen molar-refractivity contribution >= 4 is 23.4 Å². The number of nitrogens with one attached hydrogen (secondary N) is 1. The Bertz CT molecular complexity index is 991. The van der Waals surface area contributed by atoms with E-state index in [0.29, 0.717) is 40.4 Å². The molecular formula is C20H21N5O3S. The second-order valence-corrected chi connectivity index (χ2v) is 6.77. The first-order chi connectivity index (χ1) is 14.2. The lowest BCUT2D eigenvalue weighted by molar-refractivity contribution is -0.113. The number of aromatic nitrogens is 4. The molecule has 2 aromatic heterocycles. The highest BCUT2D eigenvalue weighted by molar-refractivity contribution is 7.99. The summed E-state index contributed by atoms with van der Waals surface area (Å²) in [4.78, 5) is 16.8. The molecule has 0 radical (unpaired) electrons. The minimum absolute atomic E-state index is 0.151. The van der Waals surface area contributed by atoms with E-state index >= 15 is 0 Å². The van der Waals surface area contributed by atoms with Crippen LogP contribution >= 0.6 is 11.8 Å². The number of ether oxygens (including phenoxy) is 2. The molecule has 3 rings (SSSR count). The van der Waals surface area contributed by atoms with Gasteiger partial charge in [0.2, 0.25) is 5.91 Å². The molecule has 1 amide bonds. The highest BCUT2D eigenvalue weighted by Crippen LogP contribution is 2.29. The van der Waals surface area contributed by atoms with Crippen LogP contribution in [0.2, 0.25) is 0 Å². The van der Waals surface area contributed by atoms with E-state index in [1.165, 1.54) is 11.8 Å². The van der Waals surface area contributed by atoms with E-state index in [1.807, 2.05) is 22.8 Å². The molecular weight excluding hydrogens is 390 g/mol. The van der Waals surface area contributed by atoms with Crippen molar-refractivity contribution in [3.05, 3.63) is 55.3 Å². The smallest absolute Gasteiger partial charge is 0.234 e. The fourth-order valence-corrected chi connectivity index (χ4v) is 3.35. The second-order valence-electron chi connectivity index (χ2n) is 5.82. The van der Waals surface area contributed by atoms with Crippen molar-refractivity contribution in [1.29, 1.82) is 0 Å². The molecule has 0 aliphatic carbocycles. The molecule has 3 aromatic rings. The van der Waals surface area contributed by atoms with Crippen molar-refractivity contribution < 1.29 is 14.3 Å². The number of rotatable bonds is 9. The van der Waals surface area contributed by atoms with Crippen LogP contribution in [-0.2, 0) is 11.3 Å². The van der Waals surface area contributed by atoms with Gasteiger partial charge in [0.25, 0.3) is 0 Å². The number of hydrogen-bond acceptors (Lipinski definition) is 7. The largest absolute Gasteiger partial charge is 0.497 e. The third-order valence-electron chi connectivity index (χ3n) is 3.94. The lowest BCUT2D eigenvalue weighted by atomic mass is 10.2. The first-order valence-corrected chi connectivity index (χ1v) is 9.75. The average molecular weight is 411 g/mol. The molecule has 0 aliphatic heterocycles. The summed E-state index contributed by atoms with van der Waals surface area (Å²) >= 11 is 1.28. The van der Waals surface area contributed by atoms with Gasteiger partial charge in [-0.05, 0) is 24.3 Å². The van der Waals surface area contributed by atoms with Gasteiger partial charge in [-0.2, -0.15) is 0 Å². The summed E-state index contributed by atoms with van der Waals surface area (Å²) in [6, 6.07) is 10.8. The highest BCUT2D eigenvalue weighted by atomic mass is 32.2. The van der Waals surface area contributed by atoms with Crippen molar-refractivity contribution in [3.8, 4) is 23.0 Å². The summed E-state index contributed by atoms with van der Waals surface area (Å²) in [5.41, 5.74) is 1.25. The van der Waals surface area contributed by atoms with Crippen LogP contribution in [0.15, 0.2) is 60.4 Å². The normalized spacial score (nSPS) is 10.4. The van der Waals surface area contributed by atoms with Crippen LogP contribution in [0.1, 0.15) is 0 Å². The molecule has 2 heterocycles. The van der Waals surface area contributed by atoms with Crippen molar-refractivity contribution in [2.75, 3.05) is 25.3 Å². The zero-order chi connectivity index (χ0) is 20.6. The van der Waals surface area contributed by atoms with Crippen molar-refractivity contribution in [1.82, 2.24) is 19.7 Å². The van der Waals surface area contributed by atoms with Gasteiger partial charge in [0.15, 0.2) is 11.0 Å². The van der Waals surface area contributed by atoms with E-state index in [-0.39, 0.29) is 11.7 Å². The van der Waals surface area contributed by atoms with Crippen LogP contribution in [0.4, 0.5) is 5.69 Å². The predicted molar refractivity (Wildman–Crippen MR) is 112 cm³/mol. The number of carbonyl (C=O) groups excluding carboxylic acids is 1. The van der Waals surface area contributed by atoms with E-state index in [0.717, 1.165) is 0 Å². The van der Waals surface area contributed by atoms with E-state index in [4.69, 9.17) is 9.47 Å².